The molecule has 0 heterocycles. The fraction of sp³-hybridized carbons (Fsp3) is 0.167. The molecule has 0 unspecified atom stereocenters. The molecular weight excluding hydrogens is 443 g/mol. The minimum atomic E-state index is -1.78. The van der Waals surface area contributed by atoms with E-state index in [2.05, 4.69) is 121 Å². The van der Waals surface area contributed by atoms with E-state index in [-0.39, 0.29) is 12.4 Å². The smallest absolute Gasteiger partial charge is 0.132 e. The molecule has 0 aromatic heterocycles. The molecule has 0 radical (unpaired) electrons. The molecule has 4 aromatic rings. The number of benzene rings is 4. The van der Waals surface area contributed by atoms with E-state index < -0.39 is 7.26 Å². The monoisotopic (exact) mass is 472 g/mol. The summed E-state index contributed by atoms with van der Waals surface area (Å²) in [6.45, 7) is 0. The standard InChI is InChI=1S/C25H22P.C5H8O.ClH/c1-5-13-22(14-6-1)21-26(23-15-7-2-8-16-23,24-17-9-3-10-18-24)25-19-11-4-12-20-25;6-5-3-1-2-4-5;/h1-20H,21H2;1-4H2;1H/q+1;;/p-1. The van der Waals surface area contributed by atoms with Gasteiger partial charge in [-0.15, -0.1) is 0 Å². The van der Waals surface area contributed by atoms with E-state index >= 15 is 0 Å². The largest absolute Gasteiger partial charge is 1.00 e. The molecule has 0 saturated heterocycles. The number of hydrogen-bond donors (Lipinski definition) is 0. The van der Waals surface area contributed by atoms with Crippen LogP contribution in [0.5, 0.6) is 0 Å². The lowest BCUT2D eigenvalue weighted by Crippen LogP contribution is -3.00. The van der Waals surface area contributed by atoms with Crippen molar-refractivity contribution in [1.29, 1.82) is 0 Å². The Kier molecular flexibility index (Phi) is 9.43. The lowest BCUT2D eigenvalue weighted by Gasteiger charge is -2.27. The van der Waals surface area contributed by atoms with Crippen LogP contribution in [0.25, 0.3) is 0 Å². The minimum absolute atomic E-state index is 0. The molecule has 5 rings (SSSR count). The van der Waals surface area contributed by atoms with E-state index in [9.17, 15) is 4.79 Å². The van der Waals surface area contributed by atoms with E-state index in [0.717, 1.165) is 31.8 Å². The summed E-state index contributed by atoms with van der Waals surface area (Å²) in [6.07, 6.45) is 5.00. The van der Waals surface area contributed by atoms with Crippen molar-refractivity contribution in [3.8, 4) is 0 Å². The van der Waals surface area contributed by atoms with Crippen molar-refractivity contribution in [2.24, 2.45) is 0 Å². The maximum absolute atomic E-state index is 10.2. The first-order valence-electron chi connectivity index (χ1n) is 11.4. The molecule has 168 valence electrons. The Morgan fingerprint density at radius 1 is 0.515 bits per heavy atom. The van der Waals surface area contributed by atoms with Crippen LogP contribution in [0.4, 0.5) is 0 Å². The highest BCUT2D eigenvalue weighted by atomic mass is 35.5. The topological polar surface area (TPSA) is 17.1 Å². The van der Waals surface area contributed by atoms with Crippen molar-refractivity contribution in [3.63, 3.8) is 0 Å². The SMILES string of the molecule is O=C1CCCC1.[Cl-].c1ccc(C[P+](c2ccccc2)(c2ccccc2)c2ccccc2)cc1. The quantitative estimate of drug-likeness (QED) is 0.407. The van der Waals surface area contributed by atoms with Gasteiger partial charge in [0.2, 0.25) is 0 Å². The van der Waals surface area contributed by atoms with Crippen LogP contribution in [0, 0.1) is 0 Å². The molecule has 3 heteroatoms. The average molecular weight is 473 g/mol. The molecule has 0 N–H and O–H groups in total. The summed E-state index contributed by atoms with van der Waals surface area (Å²) < 4.78 is 0. The van der Waals surface area contributed by atoms with Gasteiger partial charge in [0.25, 0.3) is 0 Å². The Morgan fingerprint density at radius 3 is 1.15 bits per heavy atom. The molecule has 33 heavy (non-hydrogen) atoms. The van der Waals surface area contributed by atoms with Gasteiger partial charge in [-0.05, 0) is 54.8 Å². The number of ketones is 1. The van der Waals surface area contributed by atoms with Crippen LogP contribution in [0.3, 0.4) is 0 Å². The normalized spacial score (nSPS) is 12.9. The van der Waals surface area contributed by atoms with Crippen LogP contribution in [-0.4, -0.2) is 5.78 Å². The number of halogens is 1. The van der Waals surface area contributed by atoms with Gasteiger partial charge in [0.05, 0.1) is 6.16 Å². The van der Waals surface area contributed by atoms with Gasteiger partial charge in [-0.3, -0.25) is 4.79 Å². The maximum Gasteiger partial charge on any atom is 0.132 e. The first-order chi connectivity index (χ1) is 15.8. The zero-order valence-corrected chi connectivity index (χ0v) is 20.5. The third-order valence-corrected chi connectivity index (χ3v) is 10.4. The van der Waals surface area contributed by atoms with Crippen LogP contribution < -0.4 is 28.3 Å². The first kappa shape index (κ1) is 24.9. The van der Waals surface area contributed by atoms with Crippen LogP contribution in [0.15, 0.2) is 121 Å². The zero-order valence-electron chi connectivity index (χ0n) is 18.8. The van der Waals surface area contributed by atoms with Crippen molar-refractivity contribution in [2.45, 2.75) is 31.8 Å². The molecule has 1 aliphatic carbocycles. The summed E-state index contributed by atoms with van der Waals surface area (Å²) in [5, 5.41) is 4.30. The molecule has 4 aromatic carbocycles. The summed E-state index contributed by atoms with van der Waals surface area (Å²) >= 11 is 0. The number of carbonyl (C=O) groups is 1. The molecule has 1 saturated carbocycles. The van der Waals surface area contributed by atoms with Crippen molar-refractivity contribution in [3.05, 3.63) is 127 Å². The van der Waals surface area contributed by atoms with Crippen LogP contribution >= 0.6 is 7.26 Å². The molecule has 1 fully saturated rings. The summed E-state index contributed by atoms with van der Waals surface area (Å²) in [5.74, 6) is 0.454. The minimum Gasteiger partial charge on any atom is -1.00 e. The second kappa shape index (κ2) is 12.5. The van der Waals surface area contributed by atoms with Crippen LogP contribution in [-0.2, 0) is 11.0 Å². The van der Waals surface area contributed by atoms with Gasteiger partial charge in [-0.1, -0.05) is 84.9 Å². The van der Waals surface area contributed by atoms with E-state index in [1.165, 1.54) is 21.5 Å². The van der Waals surface area contributed by atoms with Crippen molar-refractivity contribution >= 4 is 29.0 Å². The van der Waals surface area contributed by atoms with Gasteiger partial charge >= 0.3 is 0 Å². The molecule has 1 nitrogen and oxygen atoms in total. The number of rotatable bonds is 5. The Morgan fingerprint density at radius 2 is 0.848 bits per heavy atom. The Hall–Kier alpha value is -2.73. The Labute approximate surface area is 204 Å². The molecule has 0 bridgehead atoms. The molecule has 0 amide bonds. The van der Waals surface area contributed by atoms with Crippen molar-refractivity contribution in [1.82, 2.24) is 0 Å². The van der Waals surface area contributed by atoms with Gasteiger partial charge in [0, 0.05) is 12.8 Å². The second-order valence-corrected chi connectivity index (χ2v) is 11.7. The fourth-order valence-corrected chi connectivity index (χ4v) is 8.64. The molecule has 0 aliphatic heterocycles. The van der Waals surface area contributed by atoms with Gasteiger partial charge in [-0.25, -0.2) is 0 Å². The summed E-state index contributed by atoms with van der Waals surface area (Å²) in [6, 6.07) is 44.0. The average Bonchev–Trinajstić information content (AvgIpc) is 3.36. The van der Waals surface area contributed by atoms with Gasteiger partial charge in [-0.2, -0.15) is 0 Å². The van der Waals surface area contributed by atoms with E-state index in [1.807, 2.05) is 0 Å². The highest BCUT2D eigenvalue weighted by Gasteiger charge is 2.45. The molecule has 1 aliphatic rings. The number of Topliss-reactive ketones (excluding diaryl/α,β-unsaturated/α-hetero) is 1. The van der Waals surface area contributed by atoms with E-state index in [0.29, 0.717) is 5.78 Å². The fourth-order valence-electron chi connectivity index (χ4n) is 4.40. The number of hydrogen-bond acceptors (Lipinski definition) is 1. The highest BCUT2D eigenvalue weighted by Crippen LogP contribution is 2.58. The molecular formula is C30H30ClOP. The van der Waals surface area contributed by atoms with Crippen molar-refractivity contribution in [2.75, 3.05) is 0 Å². The first-order valence-corrected chi connectivity index (χ1v) is 13.4. The zero-order chi connectivity index (χ0) is 22.1. The summed E-state index contributed by atoms with van der Waals surface area (Å²) in [5.41, 5.74) is 1.39. The van der Waals surface area contributed by atoms with Crippen LogP contribution in [0.1, 0.15) is 31.2 Å². The number of carbonyl (C=O) groups excluding carboxylic acids is 1. The summed E-state index contributed by atoms with van der Waals surface area (Å²) in [4.78, 5) is 10.2. The second-order valence-electron chi connectivity index (χ2n) is 8.21. The lowest BCUT2D eigenvalue weighted by atomic mass is 10.2. The van der Waals surface area contributed by atoms with Gasteiger partial charge in [0.15, 0.2) is 0 Å². The van der Waals surface area contributed by atoms with Gasteiger partial charge < -0.3 is 12.4 Å². The predicted octanol–water partition coefficient (Wildman–Crippen LogP) is 3.31. The predicted molar refractivity (Wildman–Crippen MR) is 139 cm³/mol. The van der Waals surface area contributed by atoms with Crippen LogP contribution in [0.2, 0.25) is 0 Å². The third-order valence-electron chi connectivity index (χ3n) is 6.01. The Bertz CT molecular complexity index is 994. The third kappa shape index (κ3) is 6.20. The Balaban J connectivity index is 0.000000382. The molecule has 0 spiro atoms. The van der Waals surface area contributed by atoms with Crippen molar-refractivity contribution < 1.29 is 17.2 Å². The maximum atomic E-state index is 10.2. The summed E-state index contributed by atoms with van der Waals surface area (Å²) in [7, 11) is -1.78. The van der Waals surface area contributed by atoms with E-state index in [1.54, 1.807) is 0 Å². The highest BCUT2D eigenvalue weighted by molar-refractivity contribution is 7.95. The molecule has 0 atom stereocenters. The van der Waals surface area contributed by atoms with E-state index in [4.69, 9.17) is 0 Å². The van der Waals surface area contributed by atoms with Gasteiger partial charge in [0.1, 0.15) is 29.0 Å². The lowest BCUT2D eigenvalue weighted by molar-refractivity contribution is -0.117.